The number of benzene rings is 1. The smallest absolute Gasteiger partial charge is 0.123 e. The molecule has 1 aromatic carbocycles. The molecule has 1 unspecified atom stereocenters. The lowest BCUT2D eigenvalue weighted by Crippen LogP contribution is -2.26. The predicted molar refractivity (Wildman–Crippen MR) is 69.9 cm³/mol. The summed E-state index contributed by atoms with van der Waals surface area (Å²) in [6, 6.07) is 6.76. The number of rotatable bonds is 3. The fourth-order valence-electron chi connectivity index (χ4n) is 1.65. The van der Waals surface area contributed by atoms with Crippen LogP contribution in [0, 0.1) is 17.7 Å². The Morgan fingerprint density at radius 3 is 3.00 bits per heavy atom. The number of hydrogen-bond donors (Lipinski definition) is 2. The minimum atomic E-state index is -0.215. The molecule has 2 aromatic rings. The SMILES string of the molecule is CC#CCC(NN)c1cc2cc(F)ccc2s1. The van der Waals surface area contributed by atoms with Gasteiger partial charge in [-0.15, -0.1) is 23.2 Å². The van der Waals surface area contributed by atoms with Crippen molar-refractivity contribution >= 4 is 21.4 Å². The third-order valence-electron chi connectivity index (χ3n) is 2.52. The normalized spacial score (nSPS) is 12.2. The number of fused-ring (bicyclic) bond motifs is 1. The lowest BCUT2D eigenvalue weighted by molar-refractivity contribution is 0.577. The topological polar surface area (TPSA) is 38.0 Å². The molecule has 0 aliphatic carbocycles. The Morgan fingerprint density at radius 2 is 2.29 bits per heavy atom. The van der Waals surface area contributed by atoms with E-state index in [2.05, 4.69) is 17.3 Å². The van der Waals surface area contributed by atoms with Gasteiger partial charge >= 0.3 is 0 Å². The quantitative estimate of drug-likeness (QED) is 0.498. The molecule has 88 valence electrons. The zero-order valence-electron chi connectivity index (χ0n) is 9.46. The van der Waals surface area contributed by atoms with E-state index in [9.17, 15) is 4.39 Å². The standard InChI is InChI=1S/C13H13FN2S/c1-2-3-4-11(16-15)13-8-9-7-10(14)5-6-12(9)17-13/h5-8,11,16H,4,15H2,1H3. The van der Waals surface area contributed by atoms with Crippen molar-refractivity contribution < 1.29 is 4.39 Å². The van der Waals surface area contributed by atoms with E-state index in [0.29, 0.717) is 6.42 Å². The molecule has 0 spiro atoms. The van der Waals surface area contributed by atoms with Gasteiger partial charge in [0.05, 0.1) is 6.04 Å². The van der Waals surface area contributed by atoms with E-state index in [1.165, 1.54) is 12.1 Å². The van der Waals surface area contributed by atoms with Crippen LogP contribution in [0.4, 0.5) is 4.39 Å². The van der Waals surface area contributed by atoms with Crippen LogP contribution in [-0.4, -0.2) is 0 Å². The Bertz CT molecular complexity index is 580. The molecule has 1 atom stereocenters. The molecule has 0 bridgehead atoms. The van der Waals surface area contributed by atoms with Crippen molar-refractivity contribution in [2.24, 2.45) is 5.84 Å². The lowest BCUT2D eigenvalue weighted by atomic mass is 10.1. The maximum absolute atomic E-state index is 13.1. The molecule has 3 N–H and O–H groups in total. The van der Waals surface area contributed by atoms with Crippen LogP contribution in [0.25, 0.3) is 10.1 Å². The number of hydrazine groups is 1. The average Bonchev–Trinajstić information content (AvgIpc) is 2.72. The van der Waals surface area contributed by atoms with Gasteiger partial charge in [-0.05, 0) is 36.6 Å². The molecule has 2 nitrogen and oxygen atoms in total. The van der Waals surface area contributed by atoms with Crippen molar-refractivity contribution in [3.05, 3.63) is 35.0 Å². The van der Waals surface area contributed by atoms with E-state index >= 15 is 0 Å². The zero-order chi connectivity index (χ0) is 12.3. The molecular weight excluding hydrogens is 235 g/mol. The van der Waals surface area contributed by atoms with Crippen LogP contribution in [0.3, 0.4) is 0 Å². The van der Waals surface area contributed by atoms with Gasteiger partial charge < -0.3 is 0 Å². The molecule has 0 radical (unpaired) electrons. The van der Waals surface area contributed by atoms with Crippen molar-refractivity contribution in [1.29, 1.82) is 0 Å². The van der Waals surface area contributed by atoms with Crippen LogP contribution in [0.1, 0.15) is 24.3 Å². The number of nitrogens with two attached hydrogens (primary N) is 1. The van der Waals surface area contributed by atoms with Crippen molar-refractivity contribution in [1.82, 2.24) is 5.43 Å². The number of nitrogens with one attached hydrogen (secondary N) is 1. The van der Waals surface area contributed by atoms with Crippen molar-refractivity contribution in [3.8, 4) is 11.8 Å². The molecule has 17 heavy (non-hydrogen) atoms. The first-order valence-electron chi connectivity index (χ1n) is 5.29. The molecule has 0 amide bonds. The molecule has 0 saturated carbocycles. The van der Waals surface area contributed by atoms with Gasteiger partial charge in [-0.3, -0.25) is 11.3 Å². The molecule has 1 aromatic heterocycles. The van der Waals surface area contributed by atoms with E-state index in [1.807, 2.05) is 6.07 Å². The van der Waals surface area contributed by atoms with Gasteiger partial charge in [0, 0.05) is 16.0 Å². The third kappa shape index (κ3) is 2.64. The Kier molecular flexibility index (Phi) is 3.75. The summed E-state index contributed by atoms with van der Waals surface area (Å²) in [5, 5.41) is 0.912. The first-order valence-corrected chi connectivity index (χ1v) is 6.11. The lowest BCUT2D eigenvalue weighted by Gasteiger charge is -2.09. The molecule has 2 rings (SSSR count). The van der Waals surface area contributed by atoms with Crippen molar-refractivity contribution in [2.75, 3.05) is 0 Å². The molecule has 0 aliphatic rings. The van der Waals surface area contributed by atoms with E-state index in [-0.39, 0.29) is 11.9 Å². The van der Waals surface area contributed by atoms with Crippen molar-refractivity contribution in [2.45, 2.75) is 19.4 Å². The summed E-state index contributed by atoms with van der Waals surface area (Å²) in [6.45, 7) is 1.80. The maximum atomic E-state index is 13.1. The highest BCUT2D eigenvalue weighted by molar-refractivity contribution is 7.19. The summed E-state index contributed by atoms with van der Waals surface area (Å²) >= 11 is 1.61. The molecule has 1 heterocycles. The van der Waals surface area contributed by atoms with Crippen LogP contribution in [-0.2, 0) is 0 Å². The van der Waals surface area contributed by atoms with E-state index < -0.39 is 0 Å². The molecule has 4 heteroatoms. The fourth-order valence-corrected chi connectivity index (χ4v) is 2.76. The largest absolute Gasteiger partial charge is 0.271 e. The monoisotopic (exact) mass is 248 g/mol. The summed E-state index contributed by atoms with van der Waals surface area (Å²) in [4.78, 5) is 1.08. The zero-order valence-corrected chi connectivity index (χ0v) is 10.3. The Balaban J connectivity index is 2.36. The highest BCUT2D eigenvalue weighted by Gasteiger charge is 2.12. The summed E-state index contributed by atoms with van der Waals surface area (Å²) in [7, 11) is 0. The molecule has 0 fully saturated rings. The summed E-state index contributed by atoms with van der Waals surface area (Å²) in [5.41, 5.74) is 2.74. The first kappa shape index (κ1) is 12.1. The average molecular weight is 248 g/mol. The summed E-state index contributed by atoms with van der Waals surface area (Å²) in [5.74, 6) is 11.1. The van der Waals surface area contributed by atoms with Gasteiger partial charge in [0.25, 0.3) is 0 Å². The molecule has 0 saturated heterocycles. The minimum absolute atomic E-state index is 0.00270. The molecular formula is C13H13FN2S. The Hall–Kier alpha value is -1.41. The Labute approximate surface area is 104 Å². The third-order valence-corrected chi connectivity index (χ3v) is 3.75. The number of hydrogen-bond acceptors (Lipinski definition) is 3. The summed E-state index contributed by atoms with van der Waals surface area (Å²) < 4.78 is 14.1. The van der Waals surface area contributed by atoms with Gasteiger partial charge in [-0.25, -0.2) is 4.39 Å². The van der Waals surface area contributed by atoms with Gasteiger partial charge in [0.2, 0.25) is 0 Å². The second kappa shape index (κ2) is 5.28. The number of halogens is 1. The summed E-state index contributed by atoms with van der Waals surface area (Å²) in [6.07, 6.45) is 0.655. The molecule has 0 aliphatic heterocycles. The second-order valence-electron chi connectivity index (χ2n) is 3.68. The van der Waals surface area contributed by atoms with Crippen LogP contribution in [0.5, 0.6) is 0 Å². The predicted octanol–water partition coefficient (Wildman–Crippen LogP) is 2.96. The van der Waals surface area contributed by atoms with E-state index in [0.717, 1.165) is 15.0 Å². The number of thiophene rings is 1. The van der Waals surface area contributed by atoms with Gasteiger partial charge in [0.1, 0.15) is 5.82 Å². The van der Waals surface area contributed by atoms with Crippen molar-refractivity contribution in [3.63, 3.8) is 0 Å². The highest BCUT2D eigenvalue weighted by Crippen LogP contribution is 2.31. The van der Waals surface area contributed by atoms with Crippen LogP contribution >= 0.6 is 11.3 Å². The first-order chi connectivity index (χ1) is 8.24. The minimum Gasteiger partial charge on any atom is -0.271 e. The van der Waals surface area contributed by atoms with Crippen LogP contribution in [0.2, 0.25) is 0 Å². The van der Waals surface area contributed by atoms with Crippen LogP contribution in [0.15, 0.2) is 24.3 Å². The van der Waals surface area contributed by atoms with Gasteiger partial charge in [-0.1, -0.05) is 0 Å². The fraction of sp³-hybridized carbons (Fsp3) is 0.231. The van der Waals surface area contributed by atoms with E-state index in [1.54, 1.807) is 24.3 Å². The highest BCUT2D eigenvalue weighted by atomic mass is 32.1. The van der Waals surface area contributed by atoms with Gasteiger partial charge in [0.15, 0.2) is 0 Å². The maximum Gasteiger partial charge on any atom is 0.123 e. The second-order valence-corrected chi connectivity index (χ2v) is 4.80. The van der Waals surface area contributed by atoms with E-state index in [4.69, 9.17) is 5.84 Å². The Morgan fingerprint density at radius 1 is 1.47 bits per heavy atom. The van der Waals surface area contributed by atoms with Crippen LogP contribution < -0.4 is 11.3 Å². The van der Waals surface area contributed by atoms with Gasteiger partial charge in [-0.2, -0.15) is 0 Å².